The lowest BCUT2D eigenvalue weighted by molar-refractivity contribution is 0.0718. The highest BCUT2D eigenvalue weighted by Gasteiger charge is 2.32. The first kappa shape index (κ1) is 18.1. The predicted octanol–water partition coefficient (Wildman–Crippen LogP) is 2.78. The maximum Gasteiger partial charge on any atom is 0.414 e. The van der Waals surface area contributed by atoms with E-state index in [1.54, 1.807) is 38.1 Å². The second-order valence-electron chi connectivity index (χ2n) is 5.68. The van der Waals surface area contributed by atoms with Gasteiger partial charge in [0.25, 0.3) is 0 Å². The molecule has 0 saturated carbocycles. The Labute approximate surface area is 141 Å². The number of rotatable bonds is 8. The molecule has 0 radical (unpaired) electrons. The van der Waals surface area contributed by atoms with Crippen molar-refractivity contribution in [1.29, 1.82) is 0 Å². The first-order valence-electron chi connectivity index (χ1n) is 7.68. The van der Waals surface area contributed by atoms with Gasteiger partial charge < -0.3 is 19.1 Å². The van der Waals surface area contributed by atoms with Gasteiger partial charge in [-0.2, -0.15) is 0 Å². The van der Waals surface area contributed by atoms with E-state index in [0.717, 1.165) is 0 Å². The summed E-state index contributed by atoms with van der Waals surface area (Å²) in [7, 11) is 3.32. The summed E-state index contributed by atoms with van der Waals surface area (Å²) in [6.07, 6.45) is -0.834. The van der Waals surface area contributed by atoms with Crippen molar-refractivity contribution < 1.29 is 23.4 Å². The minimum absolute atomic E-state index is 0.314. The SMILES string of the molecule is C=C(C)OCCN(C)c1ccc(N2CC(COC)OC2=O)cc1F. The van der Waals surface area contributed by atoms with E-state index in [1.165, 1.54) is 11.0 Å². The van der Waals surface area contributed by atoms with E-state index >= 15 is 0 Å². The molecule has 1 amide bonds. The van der Waals surface area contributed by atoms with Crippen molar-refractivity contribution in [3.05, 3.63) is 36.4 Å². The van der Waals surface area contributed by atoms with E-state index in [4.69, 9.17) is 14.2 Å². The molecule has 24 heavy (non-hydrogen) atoms. The second kappa shape index (κ2) is 8.01. The summed E-state index contributed by atoms with van der Waals surface area (Å²) in [4.78, 5) is 15.0. The van der Waals surface area contributed by atoms with E-state index in [1.807, 2.05) is 0 Å². The summed E-state index contributed by atoms with van der Waals surface area (Å²) in [6.45, 7) is 7.01. The van der Waals surface area contributed by atoms with Gasteiger partial charge in [0.1, 0.15) is 18.5 Å². The molecule has 1 fully saturated rings. The van der Waals surface area contributed by atoms with Gasteiger partial charge in [-0.25, -0.2) is 9.18 Å². The Morgan fingerprint density at radius 2 is 2.29 bits per heavy atom. The van der Waals surface area contributed by atoms with E-state index in [9.17, 15) is 9.18 Å². The molecule has 2 rings (SSSR count). The number of allylic oxidation sites excluding steroid dienone is 1. The van der Waals surface area contributed by atoms with Gasteiger partial charge in [-0.3, -0.25) is 4.90 Å². The lowest BCUT2D eigenvalue weighted by Crippen LogP contribution is -2.26. The fraction of sp³-hybridized carbons (Fsp3) is 0.471. The molecule has 1 heterocycles. The average Bonchev–Trinajstić information content (AvgIpc) is 2.87. The standard InChI is InChI=1S/C17H23FN2O4/c1-12(2)23-8-7-19(3)16-6-5-13(9-15(16)18)20-10-14(11-22-4)24-17(20)21/h5-6,9,14H,1,7-8,10-11H2,2-4H3. The first-order chi connectivity index (χ1) is 11.4. The van der Waals surface area contributed by atoms with Gasteiger partial charge >= 0.3 is 6.09 Å². The van der Waals surface area contributed by atoms with Crippen molar-refractivity contribution in [2.75, 3.05) is 50.3 Å². The van der Waals surface area contributed by atoms with Crippen molar-refractivity contribution in [2.24, 2.45) is 0 Å². The minimum Gasteiger partial charge on any atom is -0.497 e. The smallest absolute Gasteiger partial charge is 0.414 e. The number of cyclic esters (lactones) is 1. The van der Waals surface area contributed by atoms with Crippen molar-refractivity contribution in [2.45, 2.75) is 13.0 Å². The molecule has 7 heteroatoms. The Balaban J connectivity index is 2.04. The van der Waals surface area contributed by atoms with Crippen LogP contribution in [0.15, 0.2) is 30.5 Å². The number of carbonyl (C=O) groups is 1. The van der Waals surface area contributed by atoms with Crippen molar-refractivity contribution in [3.8, 4) is 0 Å². The van der Waals surface area contributed by atoms with Gasteiger partial charge in [-0.15, -0.1) is 0 Å². The third kappa shape index (κ3) is 4.38. The normalized spacial score (nSPS) is 16.9. The number of halogens is 1. The Kier molecular flexibility index (Phi) is 6.03. The summed E-state index contributed by atoms with van der Waals surface area (Å²) >= 11 is 0. The van der Waals surface area contributed by atoms with Crippen LogP contribution in [0, 0.1) is 5.82 Å². The number of amides is 1. The number of anilines is 2. The molecule has 1 atom stereocenters. The molecule has 0 aliphatic carbocycles. The molecular formula is C17H23FN2O4. The highest BCUT2D eigenvalue weighted by atomic mass is 19.1. The van der Waals surface area contributed by atoms with Gasteiger partial charge in [0.05, 0.1) is 36.8 Å². The zero-order chi connectivity index (χ0) is 17.7. The van der Waals surface area contributed by atoms with E-state index in [-0.39, 0.29) is 6.10 Å². The van der Waals surface area contributed by atoms with Crippen LogP contribution in [0.3, 0.4) is 0 Å². The van der Waals surface area contributed by atoms with Crippen LogP contribution in [0.5, 0.6) is 0 Å². The Morgan fingerprint density at radius 1 is 1.54 bits per heavy atom. The first-order valence-corrected chi connectivity index (χ1v) is 7.68. The molecule has 0 spiro atoms. The van der Waals surface area contributed by atoms with Crippen LogP contribution in [0.25, 0.3) is 0 Å². The Morgan fingerprint density at radius 3 is 2.92 bits per heavy atom. The highest BCUT2D eigenvalue weighted by Crippen LogP contribution is 2.27. The van der Waals surface area contributed by atoms with Gasteiger partial charge in [-0.1, -0.05) is 6.58 Å². The van der Waals surface area contributed by atoms with Gasteiger partial charge in [0, 0.05) is 14.2 Å². The number of likely N-dealkylation sites (N-methyl/N-ethyl adjacent to an activating group) is 1. The Hall–Kier alpha value is -2.28. The van der Waals surface area contributed by atoms with Crippen LogP contribution in [0.2, 0.25) is 0 Å². The molecule has 6 nitrogen and oxygen atoms in total. The van der Waals surface area contributed by atoms with Gasteiger partial charge in [0.2, 0.25) is 0 Å². The number of benzene rings is 1. The zero-order valence-corrected chi connectivity index (χ0v) is 14.3. The number of nitrogens with zero attached hydrogens (tertiary/aromatic N) is 2. The summed E-state index contributed by atoms with van der Waals surface area (Å²) < 4.78 is 29.8. The van der Waals surface area contributed by atoms with Crippen LogP contribution in [-0.4, -0.2) is 52.7 Å². The summed E-state index contributed by atoms with van der Waals surface area (Å²) in [6, 6.07) is 4.68. The molecule has 1 aliphatic rings. The Bertz CT molecular complexity index is 608. The molecule has 1 aliphatic heterocycles. The summed E-state index contributed by atoms with van der Waals surface area (Å²) in [5.41, 5.74) is 0.900. The van der Waals surface area contributed by atoms with Gasteiger partial charge in [0.15, 0.2) is 0 Å². The number of ether oxygens (including phenoxy) is 3. The molecule has 1 unspecified atom stereocenters. The lowest BCUT2D eigenvalue weighted by Gasteiger charge is -2.21. The van der Waals surface area contributed by atoms with Crippen LogP contribution < -0.4 is 9.80 Å². The monoisotopic (exact) mass is 338 g/mol. The highest BCUT2D eigenvalue weighted by molar-refractivity contribution is 5.90. The van der Waals surface area contributed by atoms with Crippen LogP contribution in [0.1, 0.15) is 6.92 Å². The molecule has 132 valence electrons. The molecule has 0 N–H and O–H groups in total. The lowest BCUT2D eigenvalue weighted by atomic mass is 10.2. The third-order valence-electron chi connectivity index (χ3n) is 3.66. The topological polar surface area (TPSA) is 51.2 Å². The molecule has 1 saturated heterocycles. The second-order valence-corrected chi connectivity index (χ2v) is 5.68. The maximum atomic E-state index is 14.4. The number of methoxy groups -OCH3 is 1. The molecular weight excluding hydrogens is 315 g/mol. The van der Waals surface area contributed by atoms with E-state index < -0.39 is 11.9 Å². The van der Waals surface area contributed by atoms with E-state index in [2.05, 4.69) is 6.58 Å². The fourth-order valence-corrected chi connectivity index (χ4v) is 2.46. The van der Waals surface area contributed by atoms with Crippen molar-refractivity contribution in [3.63, 3.8) is 0 Å². The number of hydrogen-bond acceptors (Lipinski definition) is 5. The molecule has 0 bridgehead atoms. The van der Waals surface area contributed by atoms with Crippen LogP contribution in [0.4, 0.5) is 20.6 Å². The van der Waals surface area contributed by atoms with Gasteiger partial charge in [-0.05, 0) is 25.1 Å². The zero-order valence-electron chi connectivity index (χ0n) is 14.3. The van der Waals surface area contributed by atoms with Crippen LogP contribution in [-0.2, 0) is 14.2 Å². The molecule has 0 aromatic heterocycles. The summed E-state index contributed by atoms with van der Waals surface area (Å²) in [5.74, 6) is 0.214. The molecule has 1 aromatic carbocycles. The largest absolute Gasteiger partial charge is 0.497 e. The average molecular weight is 338 g/mol. The van der Waals surface area contributed by atoms with Crippen LogP contribution >= 0.6 is 0 Å². The molecule has 1 aromatic rings. The van der Waals surface area contributed by atoms with Crippen molar-refractivity contribution >= 4 is 17.5 Å². The number of hydrogen-bond donors (Lipinski definition) is 0. The quantitative estimate of drug-likeness (QED) is 0.682. The summed E-state index contributed by atoms with van der Waals surface area (Å²) in [5, 5.41) is 0. The van der Waals surface area contributed by atoms with E-state index in [0.29, 0.717) is 43.4 Å². The fourth-order valence-electron chi connectivity index (χ4n) is 2.46. The van der Waals surface area contributed by atoms with Crippen molar-refractivity contribution in [1.82, 2.24) is 0 Å². The third-order valence-corrected chi connectivity index (χ3v) is 3.66. The number of carbonyl (C=O) groups excluding carboxylic acids is 1. The minimum atomic E-state index is -0.493. The maximum absolute atomic E-state index is 14.4. The predicted molar refractivity (Wildman–Crippen MR) is 89.9 cm³/mol.